The van der Waals surface area contributed by atoms with Crippen molar-refractivity contribution in [1.29, 1.82) is 0 Å². The van der Waals surface area contributed by atoms with Gasteiger partial charge in [-0.25, -0.2) is 15.0 Å². The number of likely N-dealkylation sites (tertiary alicyclic amines) is 1. The van der Waals surface area contributed by atoms with Crippen LogP contribution in [-0.2, 0) is 0 Å². The molecule has 6 rings (SSSR count). The number of aliphatic hydroxyl groups is 1. The molecule has 1 amide bonds. The van der Waals surface area contributed by atoms with Gasteiger partial charge in [-0.3, -0.25) is 4.79 Å². The van der Waals surface area contributed by atoms with Crippen LogP contribution in [0, 0.1) is 12.8 Å². The van der Waals surface area contributed by atoms with E-state index in [1.54, 1.807) is 24.4 Å². The van der Waals surface area contributed by atoms with Crippen LogP contribution in [0.2, 0.25) is 0 Å². The Labute approximate surface area is 256 Å². The largest absolute Gasteiger partial charge is 0.494 e. The second kappa shape index (κ2) is 13.2. The topological polar surface area (TPSA) is 142 Å². The van der Waals surface area contributed by atoms with Crippen LogP contribution in [0.15, 0.2) is 72.9 Å². The number of hydrogen-bond acceptors (Lipinski definition) is 8. The second-order valence-corrected chi connectivity index (χ2v) is 11.3. The van der Waals surface area contributed by atoms with E-state index in [1.807, 2.05) is 55.5 Å². The molecule has 0 radical (unpaired) electrons. The van der Waals surface area contributed by atoms with Crippen molar-refractivity contribution in [2.45, 2.75) is 26.2 Å². The van der Waals surface area contributed by atoms with Crippen LogP contribution in [0.4, 0.5) is 11.5 Å². The van der Waals surface area contributed by atoms with E-state index < -0.39 is 0 Å². The van der Waals surface area contributed by atoms with Gasteiger partial charge < -0.3 is 30.8 Å². The summed E-state index contributed by atoms with van der Waals surface area (Å²) in [6.45, 7) is 5.95. The lowest BCUT2D eigenvalue weighted by atomic mass is 9.98. The van der Waals surface area contributed by atoms with E-state index in [4.69, 9.17) is 15.5 Å². The van der Waals surface area contributed by atoms with Crippen LogP contribution in [0.25, 0.3) is 33.8 Å². The summed E-state index contributed by atoms with van der Waals surface area (Å²) in [5.41, 5.74) is 11.9. The SMILES string of the molecule is Cc1cccc(NC(=O)c2ccc3nc(-c4nc(-c5cccc(OCCCN6CCC(CO)CC6)c5)cnc4N)[nH]c3c2)c1. The zero-order valence-corrected chi connectivity index (χ0v) is 24.8. The third kappa shape index (κ3) is 6.88. The van der Waals surface area contributed by atoms with Gasteiger partial charge in [-0.15, -0.1) is 0 Å². The van der Waals surface area contributed by atoms with Gasteiger partial charge in [0.25, 0.3) is 5.91 Å². The number of H-pyrrole nitrogens is 1. The standard InChI is InChI=1S/C34H37N7O3/c1-22-5-2-7-26(17-22)37-34(43)25-9-10-28-29(19-25)40-33(39-28)31-32(35)36-20-30(38-31)24-6-3-8-27(18-24)44-16-4-13-41-14-11-23(21-42)12-15-41/h2-3,5-10,17-20,23,42H,4,11-16,21H2,1H3,(H2,35,36)(H,37,43)(H,39,40). The zero-order chi connectivity index (χ0) is 30.5. The first-order valence-corrected chi connectivity index (χ1v) is 15.0. The van der Waals surface area contributed by atoms with Gasteiger partial charge in [-0.1, -0.05) is 24.3 Å². The number of carbonyl (C=O) groups excluding carboxylic acids is 1. The highest BCUT2D eigenvalue weighted by molar-refractivity contribution is 6.06. The third-order valence-corrected chi connectivity index (χ3v) is 8.03. The fourth-order valence-corrected chi connectivity index (χ4v) is 5.52. The van der Waals surface area contributed by atoms with Gasteiger partial charge in [0, 0.05) is 30.0 Å². The molecule has 226 valence electrons. The third-order valence-electron chi connectivity index (χ3n) is 8.03. The fraction of sp³-hybridized carbons (Fsp3) is 0.294. The van der Waals surface area contributed by atoms with E-state index >= 15 is 0 Å². The Morgan fingerprint density at radius 3 is 2.75 bits per heavy atom. The highest BCUT2D eigenvalue weighted by atomic mass is 16.5. The molecule has 44 heavy (non-hydrogen) atoms. The average Bonchev–Trinajstić information content (AvgIpc) is 3.47. The Balaban J connectivity index is 1.13. The van der Waals surface area contributed by atoms with Gasteiger partial charge in [0.2, 0.25) is 0 Å². The van der Waals surface area contributed by atoms with Gasteiger partial charge in [-0.2, -0.15) is 0 Å². The monoisotopic (exact) mass is 591 g/mol. The Kier molecular flexibility index (Phi) is 8.81. The normalized spacial score (nSPS) is 14.1. The number of carbonyl (C=O) groups is 1. The number of nitrogens with one attached hydrogen (secondary N) is 2. The van der Waals surface area contributed by atoms with Crippen molar-refractivity contribution < 1.29 is 14.6 Å². The molecule has 0 atom stereocenters. The number of nitrogens with zero attached hydrogens (tertiary/aromatic N) is 4. The Morgan fingerprint density at radius 2 is 1.93 bits per heavy atom. The molecule has 0 spiro atoms. The number of benzene rings is 3. The first kappa shape index (κ1) is 29.3. The van der Waals surface area contributed by atoms with Crippen LogP contribution in [0.3, 0.4) is 0 Å². The minimum absolute atomic E-state index is 0.209. The number of anilines is 2. The first-order chi connectivity index (χ1) is 21.4. The summed E-state index contributed by atoms with van der Waals surface area (Å²) in [6, 6.07) is 20.8. The molecule has 0 aliphatic carbocycles. The number of imidazole rings is 1. The molecule has 1 fully saturated rings. The summed E-state index contributed by atoms with van der Waals surface area (Å²) in [5.74, 6) is 1.73. The highest BCUT2D eigenvalue weighted by Crippen LogP contribution is 2.28. The zero-order valence-electron chi connectivity index (χ0n) is 24.8. The fourth-order valence-electron chi connectivity index (χ4n) is 5.52. The van der Waals surface area contributed by atoms with Crippen molar-refractivity contribution in [2.75, 3.05) is 43.9 Å². The number of ether oxygens (including phenoxy) is 1. The van der Waals surface area contributed by atoms with E-state index in [0.29, 0.717) is 52.9 Å². The van der Waals surface area contributed by atoms with Crippen molar-refractivity contribution in [3.05, 3.63) is 84.1 Å². The lowest BCUT2D eigenvalue weighted by molar-refractivity contribution is 0.102. The Morgan fingerprint density at radius 1 is 1.09 bits per heavy atom. The molecule has 2 aromatic heterocycles. The molecule has 1 saturated heterocycles. The highest BCUT2D eigenvalue weighted by Gasteiger charge is 2.18. The number of aliphatic hydroxyl groups excluding tert-OH is 1. The minimum atomic E-state index is -0.209. The Hall–Kier alpha value is -4.80. The number of rotatable bonds is 10. The van der Waals surface area contributed by atoms with Crippen molar-refractivity contribution in [3.63, 3.8) is 0 Å². The number of aryl methyl sites for hydroxylation is 1. The van der Waals surface area contributed by atoms with Crippen molar-refractivity contribution in [3.8, 4) is 28.5 Å². The molecule has 0 unspecified atom stereocenters. The molecular formula is C34H37N7O3. The molecule has 5 aromatic rings. The van der Waals surface area contributed by atoms with Gasteiger partial charge in [0.05, 0.1) is 29.5 Å². The average molecular weight is 592 g/mol. The summed E-state index contributed by atoms with van der Waals surface area (Å²) in [5, 5.41) is 12.3. The Bertz CT molecular complexity index is 1760. The quantitative estimate of drug-likeness (QED) is 0.160. The summed E-state index contributed by atoms with van der Waals surface area (Å²) < 4.78 is 6.06. The number of hydrogen-bond donors (Lipinski definition) is 4. The molecule has 1 aliphatic rings. The predicted octanol–water partition coefficient (Wildman–Crippen LogP) is 5.30. The number of amides is 1. The number of aromatic nitrogens is 4. The van der Waals surface area contributed by atoms with Gasteiger partial charge in [-0.05, 0) is 93.2 Å². The maximum absolute atomic E-state index is 12.9. The van der Waals surface area contributed by atoms with E-state index in [2.05, 4.69) is 25.2 Å². The van der Waals surface area contributed by atoms with Gasteiger partial charge >= 0.3 is 0 Å². The van der Waals surface area contributed by atoms with Crippen LogP contribution in [0.1, 0.15) is 35.2 Å². The summed E-state index contributed by atoms with van der Waals surface area (Å²) >= 11 is 0. The molecule has 5 N–H and O–H groups in total. The molecule has 0 saturated carbocycles. The number of aromatic amines is 1. The lowest BCUT2D eigenvalue weighted by Crippen LogP contribution is -2.35. The molecule has 10 nitrogen and oxygen atoms in total. The van der Waals surface area contributed by atoms with Crippen LogP contribution >= 0.6 is 0 Å². The van der Waals surface area contributed by atoms with E-state index in [1.165, 1.54) is 0 Å². The van der Waals surface area contributed by atoms with Crippen LogP contribution < -0.4 is 15.8 Å². The summed E-state index contributed by atoms with van der Waals surface area (Å²) in [6.07, 6.45) is 4.70. The molecule has 10 heteroatoms. The van der Waals surface area contributed by atoms with E-state index in [-0.39, 0.29) is 11.7 Å². The molecule has 3 aromatic carbocycles. The maximum atomic E-state index is 12.9. The lowest BCUT2D eigenvalue weighted by Gasteiger charge is -2.30. The summed E-state index contributed by atoms with van der Waals surface area (Å²) in [7, 11) is 0. The van der Waals surface area contributed by atoms with E-state index in [0.717, 1.165) is 61.5 Å². The van der Waals surface area contributed by atoms with Gasteiger partial charge in [0.15, 0.2) is 11.6 Å². The first-order valence-electron chi connectivity index (χ1n) is 15.0. The van der Waals surface area contributed by atoms with Crippen molar-refractivity contribution >= 4 is 28.4 Å². The molecule has 1 aliphatic heterocycles. The van der Waals surface area contributed by atoms with E-state index in [9.17, 15) is 9.90 Å². The van der Waals surface area contributed by atoms with Gasteiger partial charge in [0.1, 0.15) is 11.4 Å². The number of nitrogen functional groups attached to an aromatic ring is 1. The maximum Gasteiger partial charge on any atom is 0.255 e. The van der Waals surface area contributed by atoms with Crippen LogP contribution in [0.5, 0.6) is 5.75 Å². The number of nitrogens with two attached hydrogens (primary N) is 1. The van der Waals surface area contributed by atoms with Crippen molar-refractivity contribution in [2.24, 2.45) is 5.92 Å². The number of fused-ring (bicyclic) bond motifs is 1. The molecular weight excluding hydrogens is 554 g/mol. The molecule has 0 bridgehead atoms. The molecule has 3 heterocycles. The summed E-state index contributed by atoms with van der Waals surface area (Å²) in [4.78, 5) is 32.5. The number of piperidine rings is 1. The predicted molar refractivity (Wildman–Crippen MR) is 172 cm³/mol. The van der Waals surface area contributed by atoms with Crippen molar-refractivity contribution in [1.82, 2.24) is 24.8 Å². The second-order valence-electron chi connectivity index (χ2n) is 11.3. The minimum Gasteiger partial charge on any atom is -0.494 e. The van der Waals surface area contributed by atoms with Crippen LogP contribution in [-0.4, -0.2) is 68.7 Å². The smallest absolute Gasteiger partial charge is 0.255 e.